The molecule has 2 heterocycles. The molecule has 0 aliphatic carbocycles. The Kier molecular flexibility index (Phi) is 6.46. The van der Waals surface area contributed by atoms with E-state index in [2.05, 4.69) is 11.0 Å². The van der Waals surface area contributed by atoms with Crippen LogP contribution in [-0.4, -0.2) is 52.7 Å². The van der Waals surface area contributed by atoms with Gasteiger partial charge in [-0.2, -0.15) is 0 Å². The predicted octanol–water partition coefficient (Wildman–Crippen LogP) is 5.39. The Balaban J connectivity index is 1.26. The summed E-state index contributed by atoms with van der Waals surface area (Å²) in [7, 11) is 0. The van der Waals surface area contributed by atoms with Crippen LogP contribution in [0.15, 0.2) is 84.0 Å². The van der Waals surface area contributed by atoms with Crippen LogP contribution in [0.5, 0.6) is 0 Å². The van der Waals surface area contributed by atoms with Crippen molar-refractivity contribution in [3.8, 4) is 11.3 Å². The minimum Gasteiger partial charge on any atom is -0.368 e. The zero-order chi connectivity index (χ0) is 22.6. The molecule has 5 rings (SSSR count). The van der Waals surface area contributed by atoms with E-state index in [-0.39, 0.29) is 5.91 Å². The smallest absolute Gasteiger partial charge is 0.233 e. The van der Waals surface area contributed by atoms with Crippen LogP contribution in [0.4, 0.5) is 5.69 Å². The van der Waals surface area contributed by atoms with Crippen molar-refractivity contribution in [2.45, 2.75) is 5.16 Å². The minimum atomic E-state index is 0.115. The van der Waals surface area contributed by atoms with Gasteiger partial charge in [0.1, 0.15) is 0 Å². The lowest BCUT2D eigenvalue weighted by atomic mass is 10.1. The van der Waals surface area contributed by atoms with Gasteiger partial charge in [-0.25, -0.2) is 9.97 Å². The topological polar surface area (TPSA) is 49.3 Å². The number of fused-ring (bicyclic) bond motifs is 1. The molecule has 1 saturated heterocycles. The number of carbonyl (C=O) groups is 1. The van der Waals surface area contributed by atoms with Crippen molar-refractivity contribution in [3.05, 3.63) is 83.9 Å². The fourth-order valence-electron chi connectivity index (χ4n) is 4.04. The van der Waals surface area contributed by atoms with Crippen molar-refractivity contribution in [3.63, 3.8) is 0 Å². The largest absolute Gasteiger partial charge is 0.368 e. The number of anilines is 1. The molecule has 0 bridgehead atoms. The van der Waals surface area contributed by atoms with E-state index >= 15 is 0 Å². The number of para-hydroxylation sites is 1. The van der Waals surface area contributed by atoms with Crippen LogP contribution >= 0.6 is 23.4 Å². The average Bonchev–Trinajstić information content (AvgIpc) is 2.87. The molecule has 166 valence electrons. The molecule has 3 aromatic carbocycles. The number of aromatic nitrogens is 2. The molecule has 1 aliphatic rings. The summed E-state index contributed by atoms with van der Waals surface area (Å²) in [5, 5.41) is 2.36. The molecule has 4 aromatic rings. The lowest BCUT2D eigenvalue weighted by Gasteiger charge is -2.36. The molecular formula is C26H23ClN4OS. The quantitative estimate of drug-likeness (QED) is 0.286. The number of carbonyl (C=O) groups excluding carboxylic acids is 1. The van der Waals surface area contributed by atoms with Gasteiger partial charge >= 0.3 is 0 Å². The van der Waals surface area contributed by atoms with E-state index in [1.807, 2.05) is 77.7 Å². The maximum absolute atomic E-state index is 12.9. The first-order valence-corrected chi connectivity index (χ1v) is 12.3. The number of piperazine rings is 1. The van der Waals surface area contributed by atoms with Crippen molar-refractivity contribution >= 4 is 45.9 Å². The fraction of sp³-hybridized carbons (Fsp3) is 0.192. The van der Waals surface area contributed by atoms with Crippen LogP contribution in [0.3, 0.4) is 0 Å². The van der Waals surface area contributed by atoms with Gasteiger partial charge in [-0.15, -0.1) is 0 Å². The maximum Gasteiger partial charge on any atom is 0.233 e. The number of hydrogen-bond acceptors (Lipinski definition) is 5. The first kappa shape index (κ1) is 21.7. The number of rotatable bonds is 5. The molecule has 1 aromatic heterocycles. The van der Waals surface area contributed by atoms with Crippen molar-refractivity contribution in [1.29, 1.82) is 0 Å². The molecule has 5 nitrogen and oxygen atoms in total. The summed E-state index contributed by atoms with van der Waals surface area (Å²) < 4.78 is 0. The summed E-state index contributed by atoms with van der Waals surface area (Å²) >= 11 is 7.52. The van der Waals surface area contributed by atoms with Crippen LogP contribution in [-0.2, 0) is 4.79 Å². The van der Waals surface area contributed by atoms with E-state index in [1.165, 1.54) is 11.8 Å². The van der Waals surface area contributed by atoms with Gasteiger partial charge in [0.05, 0.1) is 17.0 Å². The maximum atomic E-state index is 12.9. The van der Waals surface area contributed by atoms with E-state index in [1.54, 1.807) is 0 Å². The van der Waals surface area contributed by atoms with E-state index in [9.17, 15) is 4.79 Å². The summed E-state index contributed by atoms with van der Waals surface area (Å²) in [6.45, 7) is 2.97. The molecule has 0 N–H and O–H groups in total. The number of halogens is 1. The fourth-order valence-corrected chi connectivity index (χ4v) is 4.98. The normalized spacial score (nSPS) is 14.0. The zero-order valence-corrected chi connectivity index (χ0v) is 19.6. The number of hydrogen-bond donors (Lipinski definition) is 0. The molecule has 33 heavy (non-hydrogen) atoms. The first-order valence-electron chi connectivity index (χ1n) is 10.9. The molecule has 7 heteroatoms. The molecule has 1 aliphatic heterocycles. The molecule has 0 unspecified atom stereocenters. The monoisotopic (exact) mass is 474 g/mol. The summed E-state index contributed by atoms with van der Waals surface area (Å²) in [4.78, 5) is 26.6. The van der Waals surface area contributed by atoms with Crippen LogP contribution < -0.4 is 4.90 Å². The van der Waals surface area contributed by atoms with Crippen molar-refractivity contribution in [2.75, 3.05) is 36.8 Å². The standard InChI is InChI=1S/C26H23ClN4OS/c27-20-9-6-10-21(17-20)30-13-15-31(16-14-30)24(32)18-33-26-28-23-12-5-4-11-22(23)25(29-26)19-7-2-1-3-8-19/h1-12,17H,13-16,18H2. The third-order valence-electron chi connectivity index (χ3n) is 5.76. The minimum absolute atomic E-state index is 0.115. The molecule has 0 saturated carbocycles. The van der Waals surface area contributed by atoms with Gasteiger partial charge in [0.15, 0.2) is 5.16 Å². The Morgan fingerprint density at radius 1 is 0.879 bits per heavy atom. The van der Waals surface area contributed by atoms with Crippen LogP contribution in [0.1, 0.15) is 0 Å². The van der Waals surface area contributed by atoms with Gasteiger partial charge in [-0.1, -0.05) is 78.0 Å². The summed E-state index contributed by atoms with van der Waals surface area (Å²) in [5.74, 6) is 0.438. The number of benzene rings is 3. The van der Waals surface area contributed by atoms with E-state index in [0.29, 0.717) is 24.0 Å². The Morgan fingerprint density at radius 3 is 2.42 bits per heavy atom. The molecule has 0 radical (unpaired) electrons. The summed E-state index contributed by atoms with van der Waals surface area (Å²) in [6.07, 6.45) is 0. The predicted molar refractivity (Wildman–Crippen MR) is 136 cm³/mol. The number of nitrogens with zero attached hydrogens (tertiary/aromatic N) is 4. The lowest BCUT2D eigenvalue weighted by molar-refractivity contribution is -0.128. The second kappa shape index (κ2) is 9.81. The second-order valence-corrected chi connectivity index (χ2v) is 9.25. The molecule has 0 spiro atoms. The Hall–Kier alpha value is -3.09. The first-order chi connectivity index (χ1) is 16.2. The van der Waals surface area contributed by atoms with Gasteiger partial charge in [-0.05, 0) is 24.3 Å². The highest BCUT2D eigenvalue weighted by Crippen LogP contribution is 2.29. The summed E-state index contributed by atoms with van der Waals surface area (Å²) in [6, 6.07) is 26.0. The third-order valence-corrected chi connectivity index (χ3v) is 6.83. The Bertz CT molecular complexity index is 1280. The van der Waals surface area contributed by atoms with Gasteiger partial charge < -0.3 is 9.80 Å². The lowest BCUT2D eigenvalue weighted by Crippen LogP contribution is -2.49. The van der Waals surface area contributed by atoms with Gasteiger partial charge in [0.2, 0.25) is 5.91 Å². The second-order valence-electron chi connectivity index (χ2n) is 7.87. The molecule has 0 atom stereocenters. The zero-order valence-electron chi connectivity index (χ0n) is 18.0. The van der Waals surface area contributed by atoms with Crippen molar-refractivity contribution in [2.24, 2.45) is 0 Å². The van der Waals surface area contributed by atoms with Gasteiger partial charge in [-0.3, -0.25) is 4.79 Å². The molecular weight excluding hydrogens is 452 g/mol. The van der Waals surface area contributed by atoms with Crippen LogP contribution in [0.2, 0.25) is 5.02 Å². The van der Waals surface area contributed by atoms with Gasteiger partial charge in [0, 0.05) is 47.8 Å². The van der Waals surface area contributed by atoms with Crippen molar-refractivity contribution in [1.82, 2.24) is 14.9 Å². The SMILES string of the molecule is O=C(CSc1nc(-c2ccccc2)c2ccccc2n1)N1CCN(c2cccc(Cl)c2)CC1. The molecule has 1 amide bonds. The van der Waals surface area contributed by atoms with E-state index in [0.717, 1.165) is 46.0 Å². The number of thioether (sulfide) groups is 1. The Morgan fingerprint density at radius 2 is 1.64 bits per heavy atom. The van der Waals surface area contributed by atoms with Crippen LogP contribution in [0, 0.1) is 0 Å². The highest BCUT2D eigenvalue weighted by atomic mass is 35.5. The highest BCUT2D eigenvalue weighted by molar-refractivity contribution is 7.99. The van der Waals surface area contributed by atoms with E-state index < -0.39 is 0 Å². The molecule has 1 fully saturated rings. The Labute approximate surface area is 202 Å². The van der Waals surface area contributed by atoms with Crippen molar-refractivity contribution < 1.29 is 4.79 Å². The number of amides is 1. The highest BCUT2D eigenvalue weighted by Gasteiger charge is 2.22. The van der Waals surface area contributed by atoms with E-state index in [4.69, 9.17) is 21.6 Å². The summed E-state index contributed by atoms with van der Waals surface area (Å²) in [5.41, 5.74) is 3.92. The average molecular weight is 475 g/mol. The third kappa shape index (κ3) is 4.97. The van der Waals surface area contributed by atoms with Gasteiger partial charge in [0.25, 0.3) is 0 Å². The van der Waals surface area contributed by atoms with Crippen LogP contribution in [0.25, 0.3) is 22.2 Å².